The van der Waals surface area contributed by atoms with Gasteiger partial charge >= 0.3 is 5.97 Å². The number of aromatic nitrogens is 2. The first-order valence-electron chi connectivity index (χ1n) is 11.0. The van der Waals surface area contributed by atoms with E-state index in [2.05, 4.69) is 5.16 Å². The highest BCUT2D eigenvalue weighted by molar-refractivity contribution is 6.06. The van der Waals surface area contributed by atoms with Gasteiger partial charge in [0.2, 0.25) is 0 Å². The predicted molar refractivity (Wildman–Crippen MR) is 124 cm³/mol. The zero-order valence-electron chi connectivity index (χ0n) is 18.5. The number of carbonyl (C=O) groups excluding carboxylic acids is 1. The normalized spacial score (nSPS) is 14.5. The van der Waals surface area contributed by atoms with E-state index in [1.807, 2.05) is 37.3 Å². The van der Waals surface area contributed by atoms with Crippen molar-refractivity contribution in [3.8, 4) is 0 Å². The van der Waals surface area contributed by atoms with Crippen LogP contribution in [0, 0.1) is 19.7 Å². The number of esters is 1. The Kier molecular flexibility index (Phi) is 5.50. The van der Waals surface area contributed by atoms with E-state index in [1.54, 1.807) is 19.1 Å². The van der Waals surface area contributed by atoms with Crippen molar-refractivity contribution in [1.29, 1.82) is 0 Å². The maximum atomic E-state index is 13.4. The van der Waals surface area contributed by atoms with E-state index < -0.39 is 0 Å². The summed E-state index contributed by atoms with van der Waals surface area (Å²) in [5, 5.41) is 4.72. The Balaban J connectivity index is 1.58. The zero-order chi connectivity index (χ0) is 22.9. The lowest BCUT2D eigenvalue weighted by molar-refractivity contribution is 0.0471. The molecular weight excluding hydrogens is 419 g/mol. The molecule has 0 unspecified atom stereocenters. The molecule has 2 aromatic carbocycles. The lowest BCUT2D eigenvalue weighted by Gasteiger charge is -2.22. The number of pyridine rings is 1. The molecule has 5 nitrogen and oxygen atoms in total. The fourth-order valence-corrected chi connectivity index (χ4v) is 4.39. The second-order valence-corrected chi connectivity index (χ2v) is 8.28. The van der Waals surface area contributed by atoms with Gasteiger partial charge in [0.25, 0.3) is 0 Å². The van der Waals surface area contributed by atoms with E-state index in [0.717, 1.165) is 58.1 Å². The van der Waals surface area contributed by atoms with Crippen LogP contribution in [0.1, 0.15) is 57.0 Å². The first-order valence-corrected chi connectivity index (χ1v) is 11.0. The van der Waals surface area contributed by atoms with Crippen molar-refractivity contribution in [1.82, 2.24) is 10.1 Å². The van der Waals surface area contributed by atoms with Gasteiger partial charge in [-0.2, -0.15) is 0 Å². The Labute approximate surface area is 190 Å². The van der Waals surface area contributed by atoms with Crippen LogP contribution < -0.4 is 0 Å². The van der Waals surface area contributed by atoms with Gasteiger partial charge in [-0.15, -0.1) is 0 Å². The van der Waals surface area contributed by atoms with E-state index in [0.29, 0.717) is 17.0 Å². The Bertz CT molecular complexity index is 1370. The quantitative estimate of drug-likeness (QED) is 0.352. The van der Waals surface area contributed by atoms with Gasteiger partial charge in [-0.1, -0.05) is 35.5 Å². The molecule has 6 heteroatoms. The van der Waals surface area contributed by atoms with Crippen molar-refractivity contribution in [3.05, 3.63) is 93.8 Å². The summed E-state index contributed by atoms with van der Waals surface area (Å²) in [5.74, 6) is -0.00652. The van der Waals surface area contributed by atoms with Gasteiger partial charge in [0.1, 0.15) is 18.2 Å². The molecule has 4 aromatic rings. The molecule has 166 valence electrons. The number of ether oxygens (including phenoxy) is 1. The lowest BCUT2D eigenvalue weighted by atomic mass is 9.86. The number of nitrogens with zero attached hydrogens (tertiary/aromatic N) is 2. The molecule has 2 heterocycles. The molecule has 0 atom stereocenters. The lowest BCUT2D eigenvalue weighted by Crippen LogP contribution is -2.15. The summed E-state index contributed by atoms with van der Waals surface area (Å²) in [4.78, 5) is 18.3. The minimum atomic E-state index is -0.382. The van der Waals surface area contributed by atoms with Crippen LogP contribution in [0.2, 0.25) is 0 Å². The van der Waals surface area contributed by atoms with Crippen LogP contribution in [0.15, 0.2) is 53.1 Å². The molecule has 0 N–H and O–H groups in total. The maximum absolute atomic E-state index is 13.4. The highest BCUT2D eigenvalue weighted by atomic mass is 19.1. The van der Waals surface area contributed by atoms with E-state index in [4.69, 9.17) is 14.2 Å². The monoisotopic (exact) mass is 442 g/mol. The maximum Gasteiger partial charge on any atom is 0.339 e. The summed E-state index contributed by atoms with van der Waals surface area (Å²) in [5.41, 5.74) is 6.45. The first-order chi connectivity index (χ1) is 16.0. The number of carbonyl (C=O) groups is 1. The molecule has 1 aliphatic rings. The number of rotatable bonds is 4. The highest BCUT2D eigenvalue weighted by Gasteiger charge is 2.26. The summed E-state index contributed by atoms with van der Waals surface area (Å²) >= 11 is 0. The summed E-state index contributed by atoms with van der Waals surface area (Å²) < 4.78 is 24.3. The van der Waals surface area contributed by atoms with Crippen LogP contribution in [0.5, 0.6) is 0 Å². The van der Waals surface area contributed by atoms with E-state index in [1.165, 1.54) is 12.1 Å². The number of hydrogen-bond donors (Lipinski definition) is 0. The van der Waals surface area contributed by atoms with E-state index in [-0.39, 0.29) is 18.4 Å². The molecule has 2 aromatic heterocycles. The minimum absolute atomic E-state index is 0.101. The number of benzene rings is 2. The van der Waals surface area contributed by atoms with Crippen molar-refractivity contribution in [3.63, 3.8) is 0 Å². The standard InChI is InChI=1S/C27H23FN2O3/c1-16-23(17(2)33-30-16)15-32-27(31)25-21-7-3-4-9-24(21)29-26-19(6-5-8-22(25)26)14-18-10-12-20(28)13-11-18/h3-4,7,9-14H,5-6,8,15H2,1-2H3. The Morgan fingerprint density at radius 3 is 2.67 bits per heavy atom. The SMILES string of the molecule is Cc1noc(C)c1COC(=O)c1c2c(nc3ccccc13)C(=Cc1ccc(F)cc1)CCC2. The number of fused-ring (bicyclic) bond motifs is 2. The number of aryl methyl sites for hydroxylation is 2. The molecule has 0 spiro atoms. The van der Waals surface area contributed by atoms with E-state index in [9.17, 15) is 9.18 Å². The molecule has 33 heavy (non-hydrogen) atoms. The first kappa shape index (κ1) is 21.1. The van der Waals surface area contributed by atoms with Crippen molar-refractivity contribution in [2.24, 2.45) is 0 Å². The average molecular weight is 442 g/mol. The van der Waals surface area contributed by atoms with Gasteiger partial charge < -0.3 is 9.26 Å². The van der Waals surface area contributed by atoms with Gasteiger partial charge in [-0.3, -0.25) is 0 Å². The van der Waals surface area contributed by atoms with Gasteiger partial charge in [0, 0.05) is 5.39 Å². The molecule has 0 saturated carbocycles. The fourth-order valence-electron chi connectivity index (χ4n) is 4.39. The zero-order valence-corrected chi connectivity index (χ0v) is 18.5. The third-order valence-electron chi connectivity index (χ3n) is 6.11. The largest absolute Gasteiger partial charge is 0.457 e. The smallest absolute Gasteiger partial charge is 0.339 e. The molecule has 0 saturated heterocycles. The Hall–Kier alpha value is -3.80. The third-order valence-corrected chi connectivity index (χ3v) is 6.11. The molecular formula is C27H23FN2O3. The summed E-state index contributed by atoms with van der Waals surface area (Å²) in [6.07, 6.45) is 4.50. The Morgan fingerprint density at radius 1 is 1.12 bits per heavy atom. The van der Waals surface area contributed by atoms with Crippen LogP contribution in [0.3, 0.4) is 0 Å². The van der Waals surface area contributed by atoms with Crippen LogP contribution >= 0.6 is 0 Å². The fraction of sp³-hybridized carbons (Fsp3) is 0.222. The number of para-hydroxylation sites is 1. The highest BCUT2D eigenvalue weighted by Crippen LogP contribution is 2.36. The summed E-state index contributed by atoms with van der Waals surface area (Å²) in [6.45, 7) is 3.74. The minimum Gasteiger partial charge on any atom is -0.457 e. The van der Waals surface area contributed by atoms with Crippen LogP contribution in [0.4, 0.5) is 4.39 Å². The van der Waals surface area contributed by atoms with Crippen molar-refractivity contribution in [2.75, 3.05) is 0 Å². The summed E-state index contributed by atoms with van der Waals surface area (Å²) in [6, 6.07) is 14.0. The molecule has 0 bridgehead atoms. The van der Waals surface area contributed by atoms with Crippen molar-refractivity contribution < 1.29 is 18.4 Å². The molecule has 0 aliphatic heterocycles. The number of halogens is 1. The third kappa shape index (κ3) is 4.04. The number of allylic oxidation sites excluding steroid dienone is 1. The molecule has 0 amide bonds. The molecule has 0 fully saturated rings. The van der Waals surface area contributed by atoms with Crippen LogP contribution in [-0.2, 0) is 17.8 Å². The molecule has 1 aliphatic carbocycles. The topological polar surface area (TPSA) is 65.2 Å². The second-order valence-electron chi connectivity index (χ2n) is 8.28. The van der Waals surface area contributed by atoms with Crippen LogP contribution in [0.25, 0.3) is 22.6 Å². The Morgan fingerprint density at radius 2 is 1.91 bits per heavy atom. The van der Waals surface area contributed by atoms with Crippen molar-refractivity contribution in [2.45, 2.75) is 39.7 Å². The number of hydrogen-bond acceptors (Lipinski definition) is 5. The van der Waals surface area contributed by atoms with Crippen molar-refractivity contribution >= 4 is 28.5 Å². The molecule has 5 rings (SSSR count). The van der Waals surface area contributed by atoms with Gasteiger partial charge in [0.05, 0.1) is 28.0 Å². The molecule has 0 radical (unpaired) electrons. The second kappa shape index (κ2) is 8.62. The predicted octanol–water partition coefficient (Wildman–Crippen LogP) is 6.21. The van der Waals surface area contributed by atoms with Crippen LogP contribution in [-0.4, -0.2) is 16.1 Å². The van der Waals surface area contributed by atoms with Gasteiger partial charge in [-0.25, -0.2) is 14.2 Å². The van der Waals surface area contributed by atoms with E-state index >= 15 is 0 Å². The summed E-state index contributed by atoms with van der Waals surface area (Å²) in [7, 11) is 0. The average Bonchev–Trinajstić information content (AvgIpc) is 3.14. The van der Waals surface area contributed by atoms with Gasteiger partial charge in [-0.05, 0) is 74.1 Å². The van der Waals surface area contributed by atoms with Gasteiger partial charge in [0.15, 0.2) is 0 Å².